The number of carbonyl (C=O) groups excluding carboxylic acids is 2. The van der Waals surface area contributed by atoms with Crippen molar-refractivity contribution in [3.8, 4) is 11.5 Å². The summed E-state index contributed by atoms with van der Waals surface area (Å²) >= 11 is 13.1. The molecular weight excluding hydrogens is 409 g/mol. The molecule has 0 aliphatic carbocycles. The summed E-state index contributed by atoms with van der Waals surface area (Å²) in [7, 11) is 0. The first kappa shape index (κ1) is 19.4. The van der Waals surface area contributed by atoms with Crippen LogP contribution in [0.4, 0.5) is 5.69 Å². The summed E-state index contributed by atoms with van der Waals surface area (Å²) in [4.78, 5) is 23.3. The van der Waals surface area contributed by atoms with E-state index in [9.17, 15) is 9.59 Å². The van der Waals surface area contributed by atoms with Gasteiger partial charge in [-0.3, -0.25) is 9.59 Å². The van der Waals surface area contributed by atoms with Crippen molar-refractivity contribution in [3.63, 3.8) is 0 Å². The van der Waals surface area contributed by atoms with Gasteiger partial charge < -0.3 is 9.73 Å². The molecule has 0 aliphatic rings. The zero-order valence-electron chi connectivity index (χ0n) is 14.0. The molecule has 0 saturated carbocycles. The minimum absolute atomic E-state index is 0.0985. The van der Waals surface area contributed by atoms with Crippen LogP contribution in [0.25, 0.3) is 11.5 Å². The van der Waals surface area contributed by atoms with Gasteiger partial charge in [-0.25, -0.2) is 0 Å². The predicted molar refractivity (Wildman–Crippen MR) is 106 cm³/mol. The fraction of sp³-hybridized carbons (Fsp3) is 0.111. The average molecular weight is 422 g/mol. The van der Waals surface area contributed by atoms with E-state index >= 15 is 0 Å². The van der Waals surface area contributed by atoms with Crippen molar-refractivity contribution in [2.75, 3.05) is 11.1 Å². The van der Waals surface area contributed by atoms with E-state index in [2.05, 4.69) is 15.5 Å². The molecule has 138 valence electrons. The molecule has 0 fully saturated rings. The number of nitrogens with one attached hydrogen (secondary N) is 1. The normalized spacial score (nSPS) is 10.6. The number of rotatable bonds is 6. The first-order valence-electron chi connectivity index (χ1n) is 7.75. The molecule has 3 aromatic rings. The lowest BCUT2D eigenvalue weighted by atomic mass is 10.1. The Morgan fingerprint density at radius 3 is 2.52 bits per heavy atom. The highest BCUT2D eigenvalue weighted by atomic mass is 35.5. The molecular formula is C18H13Cl2N3O3S. The lowest BCUT2D eigenvalue weighted by Gasteiger charge is -2.03. The number of carbonyl (C=O) groups is 2. The van der Waals surface area contributed by atoms with Crippen LogP contribution >= 0.6 is 35.0 Å². The maximum atomic E-state index is 12.3. The molecule has 6 nitrogen and oxygen atoms in total. The molecule has 0 spiro atoms. The van der Waals surface area contributed by atoms with Gasteiger partial charge in [0.15, 0.2) is 5.78 Å². The molecule has 0 unspecified atom stereocenters. The number of aromatic nitrogens is 2. The number of anilines is 1. The smallest absolute Gasteiger partial charge is 0.277 e. The summed E-state index contributed by atoms with van der Waals surface area (Å²) in [6, 6.07) is 11.6. The maximum Gasteiger partial charge on any atom is 0.277 e. The molecule has 1 N–H and O–H groups in total. The summed E-state index contributed by atoms with van der Waals surface area (Å²) in [5, 5.41) is 11.7. The molecule has 1 aromatic heterocycles. The molecule has 0 bridgehead atoms. The van der Waals surface area contributed by atoms with Crippen LogP contribution in [0.1, 0.15) is 17.3 Å². The number of amides is 1. The Morgan fingerprint density at radius 1 is 1.11 bits per heavy atom. The van der Waals surface area contributed by atoms with Crippen molar-refractivity contribution in [2.45, 2.75) is 12.1 Å². The molecule has 27 heavy (non-hydrogen) atoms. The highest BCUT2D eigenvalue weighted by molar-refractivity contribution is 7.99. The van der Waals surface area contributed by atoms with Crippen LogP contribution in [0.3, 0.4) is 0 Å². The Labute approximate surface area is 169 Å². The lowest BCUT2D eigenvalue weighted by Crippen LogP contribution is -2.07. The fourth-order valence-corrected chi connectivity index (χ4v) is 3.34. The van der Waals surface area contributed by atoms with Gasteiger partial charge in [0, 0.05) is 23.2 Å². The van der Waals surface area contributed by atoms with E-state index in [0.717, 1.165) is 11.8 Å². The number of ketones is 1. The third-order valence-corrected chi connectivity index (χ3v) is 4.79. The van der Waals surface area contributed by atoms with Gasteiger partial charge in [0.25, 0.3) is 5.22 Å². The van der Waals surface area contributed by atoms with Crippen molar-refractivity contribution in [2.24, 2.45) is 0 Å². The molecule has 1 amide bonds. The highest BCUT2D eigenvalue weighted by Gasteiger charge is 2.14. The molecule has 0 atom stereocenters. The number of Topliss-reactive ketones (excluding diaryl/α,β-unsaturated/α-hetero) is 1. The van der Waals surface area contributed by atoms with Gasteiger partial charge in [-0.1, -0.05) is 35.0 Å². The SMILES string of the molecule is CC(=O)Nc1ccc(C(=O)CSc2nnc(-c3ccc(Cl)cc3Cl)o2)cc1. The Hall–Kier alpha value is -2.35. The van der Waals surface area contributed by atoms with Crippen LogP contribution < -0.4 is 5.32 Å². The molecule has 1 heterocycles. The highest BCUT2D eigenvalue weighted by Crippen LogP contribution is 2.31. The first-order chi connectivity index (χ1) is 12.9. The van der Waals surface area contributed by atoms with Gasteiger partial charge in [0.2, 0.25) is 11.8 Å². The average Bonchev–Trinajstić information content (AvgIpc) is 3.08. The third-order valence-electron chi connectivity index (χ3n) is 3.42. The number of thioether (sulfide) groups is 1. The quantitative estimate of drug-likeness (QED) is 0.446. The van der Waals surface area contributed by atoms with Crippen molar-refractivity contribution in [1.29, 1.82) is 0 Å². The Morgan fingerprint density at radius 2 is 1.85 bits per heavy atom. The van der Waals surface area contributed by atoms with Crippen LogP contribution in [0.5, 0.6) is 0 Å². The van der Waals surface area contributed by atoms with E-state index in [1.807, 2.05) is 0 Å². The molecule has 0 aliphatic heterocycles. The van der Waals surface area contributed by atoms with Gasteiger partial charge in [-0.05, 0) is 42.5 Å². The van der Waals surface area contributed by atoms with E-state index in [1.54, 1.807) is 42.5 Å². The van der Waals surface area contributed by atoms with Gasteiger partial charge in [0.05, 0.1) is 16.3 Å². The number of hydrogen-bond donors (Lipinski definition) is 1. The van der Waals surface area contributed by atoms with E-state index in [0.29, 0.717) is 26.9 Å². The minimum Gasteiger partial charge on any atom is -0.411 e. The summed E-state index contributed by atoms with van der Waals surface area (Å²) in [5.41, 5.74) is 1.73. The van der Waals surface area contributed by atoms with Crippen LogP contribution in [0.15, 0.2) is 52.1 Å². The Balaban J connectivity index is 1.62. The second kappa shape index (κ2) is 8.56. The first-order valence-corrected chi connectivity index (χ1v) is 9.49. The zero-order chi connectivity index (χ0) is 19.4. The van der Waals surface area contributed by atoms with Gasteiger partial charge in [0.1, 0.15) is 0 Å². The number of nitrogens with zero attached hydrogens (tertiary/aromatic N) is 2. The molecule has 3 rings (SSSR count). The van der Waals surface area contributed by atoms with Crippen LogP contribution in [0.2, 0.25) is 10.0 Å². The molecule has 0 saturated heterocycles. The molecule has 9 heteroatoms. The van der Waals surface area contributed by atoms with Gasteiger partial charge in [-0.15, -0.1) is 10.2 Å². The van der Waals surface area contributed by atoms with E-state index < -0.39 is 0 Å². The zero-order valence-corrected chi connectivity index (χ0v) is 16.4. The summed E-state index contributed by atoms with van der Waals surface area (Å²) in [6.45, 7) is 1.42. The largest absolute Gasteiger partial charge is 0.411 e. The molecule has 0 radical (unpaired) electrons. The number of halogens is 2. The van der Waals surface area contributed by atoms with E-state index in [1.165, 1.54) is 6.92 Å². The van der Waals surface area contributed by atoms with Gasteiger partial charge in [-0.2, -0.15) is 0 Å². The second-order valence-corrected chi connectivity index (χ2v) is 7.24. The topological polar surface area (TPSA) is 85.1 Å². The number of hydrogen-bond acceptors (Lipinski definition) is 6. The summed E-state index contributed by atoms with van der Waals surface area (Å²) < 4.78 is 5.55. The van der Waals surface area contributed by atoms with Crippen molar-refractivity contribution in [1.82, 2.24) is 10.2 Å². The van der Waals surface area contributed by atoms with Gasteiger partial charge >= 0.3 is 0 Å². The van der Waals surface area contributed by atoms with Crippen molar-refractivity contribution < 1.29 is 14.0 Å². The standard InChI is InChI=1S/C18H13Cl2N3O3S/c1-10(24)21-13-5-2-11(3-6-13)16(25)9-27-18-23-22-17(26-18)14-7-4-12(19)8-15(14)20/h2-8H,9H2,1H3,(H,21,24). The fourth-order valence-electron chi connectivity index (χ4n) is 2.19. The van der Waals surface area contributed by atoms with Crippen LogP contribution in [0, 0.1) is 0 Å². The predicted octanol–water partition coefficient (Wildman–Crippen LogP) is 4.98. The minimum atomic E-state index is -0.169. The molecule has 2 aromatic carbocycles. The maximum absolute atomic E-state index is 12.3. The van der Waals surface area contributed by atoms with E-state index in [-0.39, 0.29) is 28.6 Å². The van der Waals surface area contributed by atoms with Crippen LogP contribution in [-0.4, -0.2) is 27.6 Å². The Bertz CT molecular complexity index is 990. The second-order valence-electron chi connectivity index (χ2n) is 5.47. The third kappa shape index (κ3) is 5.09. The monoisotopic (exact) mass is 421 g/mol. The summed E-state index contributed by atoms with van der Waals surface area (Å²) in [6.07, 6.45) is 0. The number of benzene rings is 2. The van der Waals surface area contributed by atoms with Crippen molar-refractivity contribution >= 4 is 52.3 Å². The van der Waals surface area contributed by atoms with Crippen molar-refractivity contribution in [3.05, 3.63) is 58.1 Å². The Kier molecular flexibility index (Phi) is 6.15. The summed E-state index contributed by atoms with van der Waals surface area (Å²) in [5.74, 6) is 0.123. The van der Waals surface area contributed by atoms with Crippen LogP contribution in [-0.2, 0) is 4.79 Å². The lowest BCUT2D eigenvalue weighted by molar-refractivity contribution is -0.114. The van der Waals surface area contributed by atoms with E-state index in [4.69, 9.17) is 27.6 Å².